The van der Waals surface area contributed by atoms with Crippen LogP contribution in [0.25, 0.3) is 54.7 Å². The summed E-state index contributed by atoms with van der Waals surface area (Å²) >= 11 is 3.50. The van der Waals surface area contributed by atoms with Gasteiger partial charge >= 0.3 is 0 Å². The van der Waals surface area contributed by atoms with Crippen molar-refractivity contribution in [2.75, 3.05) is 0 Å². The van der Waals surface area contributed by atoms with Crippen molar-refractivity contribution >= 4 is 33.9 Å². The third-order valence-electron chi connectivity index (χ3n) is 8.59. The molecule has 8 rings (SSSR count). The summed E-state index contributed by atoms with van der Waals surface area (Å²) in [4.78, 5) is 4.53. The Morgan fingerprint density at radius 2 is 1.51 bits per heavy atom. The first-order valence-electron chi connectivity index (χ1n) is 14.0. The van der Waals surface area contributed by atoms with E-state index >= 15 is 0 Å². The molecule has 1 aliphatic carbocycles. The molecule has 1 aliphatic heterocycles. The molecule has 0 saturated carbocycles. The molecule has 6 aromatic rings. The highest BCUT2D eigenvalue weighted by atomic mass is 32.2. The number of thiazole rings is 1. The van der Waals surface area contributed by atoms with Crippen LogP contribution in [-0.4, -0.2) is 4.98 Å². The number of fused-ring (bicyclic) bond motifs is 5. The van der Waals surface area contributed by atoms with Crippen LogP contribution >= 0.6 is 23.1 Å². The van der Waals surface area contributed by atoms with Crippen LogP contribution in [0.4, 0.5) is 0 Å². The summed E-state index contributed by atoms with van der Waals surface area (Å²) in [5.41, 5.74) is 12.9. The van der Waals surface area contributed by atoms with E-state index in [0.717, 1.165) is 5.01 Å². The van der Waals surface area contributed by atoms with E-state index in [-0.39, 0.29) is 10.8 Å². The molecule has 0 radical (unpaired) electrons. The average molecular weight is 565 g/mol. The lowest BCUT2D eigenvalue weighted by Crippen LogP contribution is -2.15. The van der Waals surface area contributed by atoms with Gasteiger partial charge in [-0.3, -0.25) is 0 Å². The van der Waals surface area contributed by atoms with Crippen molar-refractivity contribution < 1.29 is 0 Å². The first kappa shape index (κ1) is 24.7. The summed E-state index contributed by atoms with van der Waals surface area (Å²) in [6.45, 7) is 4.76. The molecular weight excluding hydrogens is 537 g/mol. The summed E-state index contributed by atoms with van der Waals surface area (Å²) in [5, 5.41) is 11.6. The number of nitrogens with zero attached hydrogens (tertiary/aromatic N) is 1. The fourth-order valence-electron chi connectivity index (χ4n) is 6.53. The first-order chi connectivity index (χ1) is 20.1. The minimum atomic E-state index is -0.128. The molecule has 0 fully saturated rings. The van der Waals surface area contributed by atoms with Gasteiger partial charge in [0, 0.05) is 28.8 Å². The van der Waals surface area contributed by atoms with Crippen molar-refractivity contribution in [2.24, 2.45) is 0 Å². The predicted octanol–water partition coefficient (Wildman–Crippen LogP) is 10.4. The third-order valence-corrected chi connectivity index (χ3v) is 10.4. The zero-order valence-electron chi connectivity index (χ0n) is 22.9. The normalized spacial score (nSPS) is 16.5. The van der Waals surface area contributed by atoms with Gasteiger partial charge in [0.2, 0.25) is 0 Å². The molecule has 2 heterocycles. The molecule has 2 aliphatic rings. The van der Waals surface area contributed by atoms with Gasteiger partial charge in [0.15, 0.2) is 0 Å². The Morgan fingerprint density at radius 1 is 0.707 bits per heavy atom. The summed E-state index contributed by atoms with van der Waals surface area (Å²) in [7, 11) is 0. The number of thioether (sulfide) groups is 1. The molecule has 0 saturated heterocycles. The Balaban J connectivity index is 1.28. The zero-order chi connectivity index (χ0) is 27.6. The Morgan fingerprint density at radius 3 is 2.34 bits per heavy atom. The minimum Gasteiger partial charge on any atom is -0.375 e. The molecular formula is C37H28N2S2. The Bertz CT molecular complexity index is 1980. The molecule has 4 heteroatoms. The van der Waals surface area contributed by atoms with E-state index in [1.807, 2.05) is 29.5 Å². The Labute approximate surface area is 248 Å². The number of aromatic nitrogens is 1. The molecule has 1 aromatic heterocycles. The maximum atomic E-state index is 4.53. The van der Waals surface area contributed by atoms with Crippen LogP contribution in [0, 0.1) is 0 Å². The van der Waals surface area contributed by atoms with Gasteiger partial charge in [0.25, 0.3) is 0 Å². The smallest absolute Gasteiger partial charge is 0.123 e. The molecule has 0 bridgehead atoms. The average Bonchev–Trinajstić information content (AvgIpc) is 3.79. The van der Waals surface area contributed by atoms with Crippen molar-refractivity contribution in [1.82, 2.24) is 10.3 Å². The summed E-state index contributed by atoms with van der Waals surface area (Å²) in [6.07, 6.45) is 3.91. The van der Waals surface area contributed by atoms with E-state index in [1.165, 1.54) is 66.4 Å². The third kappa shape index (κ3) is 3.97. The van der Waals surface area contributed by atoms with Gasteiger partial charge in [0.1, 0.15) is 10.4 Å². The molecule has 1 atom stereocenters. The van der Waals surface area contributed by atoms with Gasteiger partial charge in [0.05, 0.1) is 0 Å². The number of hydrogen-bond acceptors (Lipinski definition) is 4. The van der Waals surface area contributed by atoms with Crippen LogP contribution in [0.15, 0.2) is 120 Å². The quantitative estimate of drug-likeness (QED) is 0.231. The lowest BCUT2D eigenvalue weighted by molar-refractivity contribution is 0.661. The van der Waals surface area contributed by atoms with Crippen LogP contribution in [-0.2, 0) is 5.41 Å². The van der Waals surface area contributed by atoms with Crippen LogP contribution in [0.2, 0.25) is 0 Å². The zero-order valence-corrected chi connectivity index (χ0v) is 24.5. The van der Waals surface area contributed by atoms with Gasteiger partial charge in [-0.15, -0.1) is 23.1 Å². The van der Waals surface area contributed by atoms with E-state index in [4.69, 9.17) is 0 Å². The maximum absolute atomic E-state index is 4.53. The van der Waals surface area contributed by atoms with Gasteiger partial charge in [-0.25, -0.2) is 4.98 Å². The second kappa shape index (κ2) is 9.47. The Kier molecular flexibility index (Phi) is 5.70. The van der Waals surface area contributed by atoms with Gasteiger partial charge in [-0.2, -0.15) is 0 Å². The second-order valence-electron chi connectivity index (χ2n) is 11.3. The highest BCUT2D eigenvalue weighted by molar-refractivity contribution is 8.02. The minimum absolute atomic E-state index is 0.128. The highest BCUT2D eigenvalue weighted by Gasteiger charge is 2.37. The van der Waals surface area contributed by atoms with Crippen LogP contribution in [0.3, 0.4) is 0 Å². The van der Waals surface area contributed by atoms with Crippen molar-refractivity contribution in [3.63, 3.8) is 0 Å². The number of hydrogen-bond donors (Lipinski definition) is 1. The number of nitrogens with one attached hydrogen (secondary N) is 1. The second-order valence-corrected chi connectivity index (χ2v) is 13.2. The fraction of sp³-hybridized carbons (Fsp3) is 0.108. The molecule has 5 aromatic carbocycles. The highest BCUT2D eigenvalue weighted by Crippen LogP contribution is 2.54. The molecule has 1 unspecified atom stereocenters. The van der Waals surface area contributed by atoms with Crippen molar-refractivity contribution in [3.8, 4) is 44.0 Å². The van der Waals surface area contributed by atoms with Crippen molar-refractivity contribution in [3.05, 3.63) is 137 Å². The van der Waals surface area contributed by atoms with Gasteiger partial charge in [-0.1, -0.05) is 86.6 Å². The molecule has 198 valence electrons. The SMILES string of the molecule is CC1(C)c2cc(-c3cccc(-c4nccs4)c3)ccc2-c2c1cc(-c1cccc(C3NC=CS3)c1)c1ccccc21. The van der Waals surface area contributed by atoms with Crippen molar-refractivity contribution in [1.29, 1.82) is 0 Å². The lowest BCUT2D eigenvalue weighted by Gasteiger charge is -2.23. The summed E-state index contributed by atoms with van der Waals surface area (Å²) in [5.74, 6) is 0. The van der Waals surface area contributed by atoms with E-state index in [2.05, 4.69) is 127 Å². The molecule has 0 amide bonds. The molecule has 41 heavy (non-hydrogen) atoms. The van der Waals surface area contributed by atoms with Crippen LogP contribution in [0.5, 0.6) is 0 Å². The topological polar surface area (TPSA) is 24.9 Å². The maximum Gasteiger partial charge on any atom is 0.123 e. The van der Waals surface area contributed by atoms with Gasteiger partial charge in [-0.05, 0) is 90.5 Å². The van der Waals surface area contributed by atoms with Gasteiger partial charge < -0.3 is 5.32 Å². The lowest BCUT2D eigenvalue weighted by atomic mass is 9.80. The summed E-state index contributed by atoms with van der Waals surface area (Å²) in [6, 6.07) is 36.2. The van der Waals surface area contributed by atoms with Crippen LogP contribution in [0.1, 0.15) is 35.9 Å². The van der Waals surface area contributed by atoms with Crippen molar-refractivity contribution in [2.45, 2.75) is 24.6 Å². The monoisotopic (exact) mass is 564 g/mol. The van der Waals surface area contributed by atoms with E-state index in [9.17, 15) is 0 Å². The largest absolute Gasteiger partial charge is 0.375 e. The predicted molar refractivity (Wildman–Crippen MR) is 176 cm³/mol. The molecule has 0 spiro atoms. The molecule has 2 nitrogen and oxygen atoms in total. The van der Waals surface area contributed by atoms with E-state index in [1.54, 1.807) is 11.3 Å². The fourth-order valence-corrected chi connectivity index (χ4v) is 7.94. The first-order valence-corrected chi connectivity index (χ1v) is 15.8. The summed E-state index contributed by atoms with van der Waals surface area (Å²) < 4.78 is 0. The van der Waals surface area contributed by atoms with E-state index < -0.39 is 0 Å². The number of benzene rings is 5. The standard InChI is InChI=1S/C37H28N2S2/c1-37(2)32-21-24(23-7-5-9-26(19-23)35-38-15-17-40-35)13-14-30(32)34-29-12-4-3-11-28(29)31(22-33(34)37)25-8-6-10-27(20-25)36-39-16-18-41-36/h3-22,36,39H,1-2H3. The Hall–Kier alpha value is -4.12. The van der Waals surface area contributed by atoms with Crippen LogP contribution < -0.4 is 5.32 Å². The number of rotatable bonds is 4. The van der Waals surface area contributed by atoms with E-state index in [0.29, 0.717) is 0 Å². The molecule has 1 N–H and O–H groups in total.